The van der Waals surface area contributed by atoms with E-state index in [0.717, 1.165) is 0 Å². The second-order valence-electron chi connectivity index (χ2n) is 7.34. The second kappa shape index (κ2) is 4.77. The predicted molar refractivity (Wildman–Crippen MR) is 70.9 cm³/mol. The lowest BCUT2D eigenvalue weighted by Gasteiger charge is -2.54. The summed E-state index contributed by atoms with van der Waals surface area (Å²) in [4.78, 5) is 12.1. The lowest BCUT2D eigenvalue weighted by Crippen LogP contribution is -2.60. The van der Waals surface area contributed by atoms with Crippen LogP contribution in [0.3, 0.4) is 0 Å². The van der Waals surface area contributed by atoms with E-state index in [1.54, 1.807) is 0 Å². The summed E-state index contributed by atoms with van der Waals surface area (Å²) < 4.78 is 12.1. The summed E-state index contributed by atoms with van der Waals surface area (Å²) in [5.41, 5.74) is -0.0188. The topological polar surface area (TPSA) is 76.0 Å². The van der Waals surface area contributed by atoms with Gasteiger partial charge < -0.3 is 19.7 Å². The van der Waals surface area contributed by atoms with Crippen LogP contribution in [0.15, 0.2) is 0 Å². The van der Waals surface area contributed by atoms with Crippen molar-refractivity contribution < 1.29 is 24.5 Å². The van der Waals surface area contributed by atoms with Crippen molar-refractivity contribution in [2.24, 2.45) is 17.3 Å². The molecule has 5 heteroatoms. The van der Waals surface area contributed by atoms with Crippen LogP contribution in [-0.4, -0.2) is 47.2 Å². The van der Waals surface area contributed by atoms with Crippen LogP contribution in [0, 0.1) is 17.3 Å². The minimum Gasteiger partial charge on any atom is -0.390 e. The molecule has 0 bridgehead atoms. The molecule has 0 radical (unpaired) electrons. The molecule has 114 valence electrons. The number of aliphatic hydroxyl groups is 2. The molecular formula is C15H24O5. The third-order valence-electron chi connectivity index (χ3n) is 5.03. The Kier molecular flexibility index (Phi) is 3.44. The summed E-state index contributed by atoms with van der Waals surface area (Å²) in [6.45, 7) is 5.38. The highest BCUT2D eigenvalue weighted by Gasteiger charge is 2.56. The highest BCUT2D eigenvalue weighted by Crippen LogP contribution is 2.49. The van der Waals surface area contributed by atoms with E-state index in [2.05, 4.69) is 13.8 Å². The minimum atomic E-state index is -0.810. The molecular weight excluding hydrogens is 260 g/mol. The van der Waals surface area contributed by atoms with Gasteiger partial charge in [0.25, 0.3) is 0 Å². The van der Waals surface area contributed by atoms with Crippen molar-refractivity contribution in [2.45, 2.75) is 57.5 Å². The average Bonchev–Trinajstić information content (AvgIpc) is 2.40. The van der Waals surface area contributed by atoms with E-state index in [4.69, 9.17) is 9.47 Å². The highest BCUT2D eigenvalue weighted by molar-refractivity contribution is 5.82. The molecule has 0 aromatic rings. The van der Waals surface area contributed by atoms with Crippen LogP contribution in [0.5, 0.6) is 0 Å². The van der Waals surface area contributed by atoms with E-state index < -0.39 is 18.0 Å². The second-order valence-corrected chi connectivity index (χ2v) is 7.34. The summed E-state index contributed by atoms with van der Waals surface area (Å²) in [5, 5.41) is 19.8. The molecule has 3 aliphatic rings. The Morgan fingerprint density at radius 2 is 1.70 bits per heavy atom. The van der Waals surface area contributed by atoms with Crippen LogP contribution >= 0.6 is 0 Å². The first-order valence-corrected chi connectivity index (χ1v) is 7.50. The van der Waals surface area contributed by atoms with Crippen LogP contribution in [0.2, 0.25) is 0 Å². The molecule has 5 nitrogen and oxygen atoms in total. The molecule has 2 saturated carbocycles. The quantitative estimate of drug-likeness (QED) is 0.690. The van der Waals surface area contributed by atoms with Gasteiger partial charge in [0, 0.05) is 30.1 Å². The molecule has 1 spiro atoms. The van der Waals surface area contributed by atoms with Crippen molar-refractivity contribution in [1.82, 2.24) is 0 Å². The summed E-state index contributed by atoms with van der Waals surface area (Å²) in [7, 11) is 0. The van der Waals surface area contributed by atoms with Crippen molar-refractivity contribution in [1.29, 1.82) is 0 Å². The molecule has 1 saturated heterocycles. The Labute approximate surface area is 119 Å². The number of carbonyl (C=O) groups is 1. The van der Waals surface area contributed by atoms with Crippen LogP contribution in [-0.2, 0) is 14.3 Å². The van der Waals surface area contributed by atoms with Crippen LogP contribution < -0.4 is 0 Å². The van der Waals surface area contributed by atoms with E-state index >= 15 is 0 Å². The Morgan fingerprint density at radius 3 is 2.35 bits per heavy atom. The van der Waals surface area contributed by atoms with E-state index in [-0.39, 0.29) is 23.0 Å². The normalized spacial score (nSPS) is 43.3. The van der Waals surface area contributed by atoms with E-state index in [1.165, 1.54) is 0 Å². The first-order valence-electron chi connectivity index (χ1n) is 7.50. The van der Waals surface area contributed by atoms with Crippen molar-refractivity contribution in [3.8, 4) is 0 Å². The number of hydrogen-bond donors (Lipinski definition) is 2. The number of hydrogen-bond acceptors (Lipinski definition) is 5. The van der Waals surface area contributed by atoms with E-state index in [1.807, 2.05) is 0 Å². The summed E-state index contributed by atoms with van der Waals surface area (Å²) in [6.07, 6.45) is 0.0909. The number of ketones is 1. The number of aliphatic hydroxyl groups excluding tert-OH is 2. The lowest BCUT2D eigenvalue weighted by molar-refractivity contribution is -0.342. The molecule has 1 heterocycles. The van der Waals surface area contributed by atoms with Gasteiger partial charge in [0.1, 0.15) is 5.78 Å². The third kappa shape index (κ3) is 2.30. The van der Waals surface area contributed by atoms with Gasteiger partial charge in [-0.2, -0.15) is 0 Å². The van der Waals surface area contributed by atoms with Gasteiger partial charge in [-0.05, 0) is 12.8 Å². The van der Waals surface area contributed by atoms with Gasteiger partial charge in [-0.25, -0.2) is 0 Å². The van der Waals surface area contributed by atoms with Crippen molar-refractivity contribution in [3.05, 3.63) is 0 Å². The minimum absolute atomic E-state index is 0.0188. The van der Waals surface area contributed by atoms with Crippen LogP contribution in [0.1, 0.15) is 39.5 Å². The lowest BCUT2D eigenvalue weighted by atomic mass is 9.65. The maximum atomic E-state index is 12.1. The molecule has 0 unspecified atom stereocenters. The van der Waals surface area contributed by atoms with Gasteiger partial charge in [-0.15, -0.1) is 0 Å². The molecule has 0 amide bonds. The summed E-state index contributed by atoms with van der Waals surface area (Å²) in [6, 6.07) is 0. The maximum absolute atomic E-state index is 12.1. The van der Waals surface area contributed by atoms with Gasteiger partial charge in [0.15, 0.2) is 5.79 Å². The Bertz CT molecular complexity index is 395. The van der Waals surface area contributed by atoms with Gasteiger partial charge in [0.2, 0.25) is 0 Å². The highest BCUT2D eigenvalue weighted by atomic mass is 16.7. The molecule has 2 N–H and O–H groups in total. The van der Waals surface area contributed by atoms with Crippen molar-refractivity contribution in [2.75, 3.05) is 13.2 Å². The molecule has 2 aliphatic carbocycles. The Morgan fingerprint density at radius 1 is 1.10 bits per heavy atom. The first kappa shape index (κ1) is 14.4. The standard InChI is InChI=1S/C15H24O5/c1-14(2)7-19-15(20-8-14)4-3-11(16)9-5-12(17)13(18)6-10(9)15/h9-10,12-13,17-18H,3-8H2,1-2H3/t9-,10-,12+,13-/m0/s1. The fourth-order valence-electron chi connectivity index (χ4n) is 3.75. The molecule has 4 atom stereocenters. The smallest absolute Gasteiger partial charge is 0.172 e. The van der Waals surface area contributed by atoms with Crippen LogP contribution in [0.4, 0.5) is 0 Å². The SMILES string of the molecule is CC1(C)COC2(CCC(=O)[C@H]3C[C@@H](O)[C@@H](O)C[C@@H]32)OC1. The largest absolute Gasteiger partial charge is 0.390 e. The summed E-state index contributed by atoms with van der Waals surface area (Å²) >= 11 is 0. The first-order chi connectivity index (χ1) is 9.33. The van der Waals surface area contributed by atoms with Gasteiger partial charge in [-0.1, -0.05) is 13.8 Å². The van der Waals surface area contributed by atoms with Gasteiger partial charge in [0.05, 0.1) is 25.4 Å². The van der Waals surface area contributed by atoms with Gasteiger partial charge >= 0.3 is 0 Å². The number of Topliss-reactive ketones (excluding diaryl/α,β-unsaturated/α-hetero) is 1. The molecule has 0 aromatic carbocycles. The van der Waals surface area contributed by atoms with Crippen molar-refractivity contribution >= 4 is 5.78 Å². The molecule has 3 fully saturated rings. The van der Waals surface area contributed by atoms with Crippen molar-refractivity contribution in [3.63, 3.8) is 0 Å². The number of ether oxygens (including phenoxy) is 2. The predicted octanol–water partition coefficient (Wildman–Crippen LogP) is 0.867. The van der Waals surface area contributed by atoms with E-state index in [0.29, 0.717) is 38.9 Å². The number of carbonyl (C=O) groups excluding carboxylic acids is 1. The zero-order valence-electron chi connectivity index (χ0n) is 12.2. The molecule has 20 heavy (non-hydrogen) atoms. The van der Waals surface area contributed by atoms with Gasteiger partial charge in [-0.3, -0.25) is 4.79 Å². The maximum Gasteiger partial charge on any atom is 0.172 e. The fourth-order valence-corrected chi connectivity index (χ4v) is 3.75. The number of fused-ring (bicyclic) bond motifs is 2. The molecule has 3 rings (SSSR count). The third-order valence-corrected chi connectivity index (χ3v) is 5.03. The fraction of sp³-hybridized carbons (Fsp3) is 0.933. The molecule has 1 aliphatic heterocycles. The number of rotatable bonds is 0. The Hall–Kier alpha value is -0.490. The van der Waals surface area contributed by atoms with E-state index in [9.17, 15) is 15.0 Å². The zero-order chi connectivity index (χ0) is 14.5. The zero-order valence-corrected chi connectivity index (χ0v) is 12.2. The van der Waals surface area contributed by atoms with Crippen LogP contribution in [0.25, 0.3) is 0 Å². The summed E-state index contributed by atoms with van der Waals surface area (Å²) in [5.74, 6) is -0.958. The molecule has 0 aromatic heterocycles. The monoisotopic (exact) mass is 284 g/mol. The average molecular weight is 284 g/mol. The Balaban J connectivity index is 1.83.